The summed E-state index contributed by atoms with van der Waals surface area (Å²) >= 11 is 0. The van der Waals surface area contributed by atoms with E-state index in [1.165, 1.54) is 12.3 Å². The van der Waals surface area contributed by atoms with Gasteiger partial charge in [-0.1, -0.05) is 0 Å². The summed E-state index contributed by atoms with van der Waals surface area (Å²) < 4.78 is 22.3. The lowest BCUT2D eigenvalue weighted by atomic mass is 10.2. The zero-order chi connectivity index (χ0) is 10.9. The highest BCUT2D eigenvalue weighted by Crippen LogP contribution is 2.13. The van der Waals surface area contributed by atoms with Crippen LogP contribution in [0.15, 0.2) is 17.3 Å². The van der Waals surface area contributed by atoms with Gasteiger partial charge in [-0.15, -0.1) is 0 Å². The third-order valence-corrected chi connectivity index (χ3v) is 2.60. The van der Waals surface area contributed by atoms with E-state index >= 15 is 0 Å². The zero-order valence-electron chi connectivity index (χ0n) is 7.68. The standard InChI is InChI=1S/C8H9NO4S/c1-5-3-6(8(10)11)7(9-4-5)14(2,12)13/h3-4H,1-2H3,(H,10,11). The topological polar surface area (TPSA) is 84.3 Å². The van der Waals surface area contributed by atoms with Gasteiger partial charge in [0.05, 0.1) is 5.56 Å². The highest BCUT2D eigenvalue weighted by molar-refractivity contribution is 7.90. The Morgan fingerprint density at radius 3 is 2.50 bits per heavy atom. The molecule has 6 heteroatoms. The molecule has 0 saturated carbocycles. The molecule has 1 N–H and O–H groups in total. The Labute approximate surface area is 81.3 Å². The molecule has 1 rings (SSSR count). The fourth-order valence-electron chi connectivity index (χ4n) is 1.01. The van der Waals surface area contributed by atoms with E-state index < -0.39 is 20.8 Å². The van der Waals surface area contributed by atoms with Crippen LogP contribution in [0.2, 0.25) is 0 Å². The Bertz CT molecular complexity index is 478. The molecule has 1 aromatic rings. The van der Waals surface area contributed by atoms with Crippen molar-refractivity contribution in [3.63, 3.8) is 0 Å². The van der Waals surface area contributed by atoms with Gasteiger partial charge in [0.2, 0.25) is 0 Å². The minimum Gasteiger partial charge on any atom is -0.478 e. The first-order chi connectivity index (χ1) is 6.32. The van der Waals surface area contributed by atoms with Crippen LogP contribution in [-0.2, 0) is 9.84 Å². The van der Waals surface area contributed by atoms with Crippen molar-refractivity contribution in [2.24, 2.45) is 0 Å². The summed E-state index contributed by atoms with van der Waals surface area (Å²) in [6.45, 7) is 1.64. The monoisotopic (exact) mass is 215 g/mol. The molecule has 0 amide bonds. The summed E-state index contributed by atoms with van der Waals surface area (Å²) in [6.07, 6.45) is 2.25. The van der Waals surface area contributed by atoms with E-state index in [-0.39, 0.29) is 5.56 Å². The van der Waals surface area contributed by atoms with Crippen molar-refractivity contribution >= 4 is 15.8 Å². The van der Waals surface area contributed by atoms with E-state index in [2.05, 4.69) is 4.98 Å². The lowest BCUT2D eigenvalue weighted by Gasteiger charge is -2.03. The molecule has 1 heterocycles. The van der Waals surface area contributed by atoms with Gasteiger partial charge in [-0.3, -0.25) is 0 Å². The van der Waals surface area contributed by atoms with E-state index in [0.717, 1.165) is 6.26 Å². The van der Waals surface area contributed by atoms with Gasteiger partial charge >= 0.3 is 5.97 Å². The number of hydrogen-bond acceptors (Lipinski definition) is 4. The number of carboxylic acid groups (broad SMARTS) is 1. The van der Waals surface area contributed by atoms with E-state index in [1.54, 1.807) is 6.92 Å². The molecule has 0 bridgehead atoms. The Morgan fingerprint density at radius 2 is 2.07 bits per heavy atom. The average molecular weight is 215 g/mol. The number of pyridine rings is 1. The number of aryl methyl sites for hydroxylation is 1. The smallest absolute Gasteiger partial charge is 0.338 e. The molecule has 0 aliphatic rings. The van der Waals surface area contributed by atoms with Gasteiger partial charge in [0.1, 0.15) is 0 Å². The van der Waals surface area contributed by atoms with E-state index in [1.807, 2.05) is 0 Å². The predicted octanol–water partition coefficient (Wildman–Crippen LogP) is 0.492. The zero-order valence-corrected chi connectivity index (χ0v) is 8.50. The Hall–Kier alpha value is -1.43. The lowest BCUT2D eigenvalue weighted by Crippen LogP contribution is -2.10. The number of aromatic nitrogens is 1. The van der Waals surface area contributed by atoms with Crippen LogP contribution in [0, 0.1) is 6.92 Å². The van der Waals surface area contributed by atoms with Crippen LogP contribution < -0.4 is 0 Å². The Balaban J connectivity index is 3.53. The molecule has 5 nitrogen and oxygen atoms in total. The molecule has 0 fully saturated rings. The number of hydrogen-bond donors (Lipinski definition) is 1. The van der Waals surface area contributed by atoms with Crippen LogP contribution in [0.1, 0.15) is 15.9 Å². The van der Waals surface area contributed by atoms with Crippen LogP contribution in [-0.4, -0.2) is 30.7 Å². The van der Waals surface area contributed by atoms with Crippen molar-refractivity contribution in [2.75, 3.05) is 6.26 Å². The molecule has 0 unspecified atom stereocenters. The molecule has 0 saturated heterocycles. The third kappa shape index (κ3) is 2.08. The van der Waals surface area contributed by atoms with Crippen LogP contribution in [0.25, 0.3) is 0 Å². The average Bonchev–Trinajstić information content (AvgIpc) is 2.01. The summed E-state index contributed by atoms with van der Waals surface area (Å²) in [5.41, 5.74) is 0.322. The van der Waals surface area contributed by atoms with Gasteiger partial charge in [-0.25, -0.2) is 18.2 Å². The normalized spacial score (nSPS) is 11.3. The highest BCUT2D eigenvalue weighted by atomic mass is 32.2. The van der Waals surface area contributed by atoms with Gasteiger partial charge in [-0.05, 0) is 18.6 Å². The minimum absolute atomic E-state index is 0.285. The van der Waals surface area contributed by atoms with Crippen LogP contribution in [0.3, 0.4) is 0 Å². The summed E-state index contributed by atoms with van der Waals surface area (Å²) in [5.74, 6) is -1.29. The SMILES string of the molecule is Cc1cnc(S(C)(=O)=O)c(C(=O)O)c1. The molecule has 0 aromatic carbocycles. The second kappa shape index (κ2) is 3.38. The highest BCUT2D eigenvalue weighted by Gasteiger charge is 2.19. The van der Waals surface area contributed by atoms with Crippen LogP contribution >= 0.6 is 0 Å². The number of carbonyl (C=O) groups is 1. The maximum Gasteiger partial charge on any atom is 0.338 e. The first-order valence-corrected chi connectivity index (χ1v) is 5.61. The number of aromatic carboxylic acids is 1. The van der Waals surface area contributed by atoms with Gasteiger partial charge in [0.15, 0.2) is 14.9 Å². The van der Waals surface area contributed by atoms with Crippen molar-refractivity contribution in [3.8, 4) is 0 Å². The Kier molecular flexibility index (Phi) is 2.57. The fourth-order valence-corrected chi connectivity index (χ4v) is 1.80. The number of sulfone groups is 1. The van der Waals surface area contributed by atoms with Gasteiger partial charge < -0.3 is 5.11 Å². The summed E-state index contributed by atoms with van der Waals surface area (Å²) in [6, 6.07) is 1.28. The maximum atomic E-state index is 11.1. The molecule has 0 aliphatic carbocycles. The Morgan fingerprint density at radius 1 is 1.50 bits per heavy atom. The molecule has 0 atom stereocenters. The number of carboxylic acids is 1. The van der Waals surface area contributed by atoms with Crippen molar-refractivity contribution in [2.45, 2.75) is 11.9 Å². The molecular weight excluding hydrogens is 206 g/mol. The lowest BCUT2D eigenvalue weighted by molar-refractivity contribution is 0.0691. The predicted molar refractivity (Wildman–Crippen MR) is 49.0 cm³/mol. The summed E-state index contributed by atoms with van der Waals surface area (Å²) in [5, 5.41) is 8.36. The van der Waals surface area contributed by atoms with E-state index in [9.17, 15) is 13.2 Å². The quantitative estimate of drug-likeness (QED) is 0.776. The van der Waals surface area contributed by atoms with Crippen molar-refractivity contribution in [1.29, 1.82) is 0 Å². The fraction of sp³-hybridized carbons (Fsp3) is 0.250. The molecule has 0 radical (unpaired) electrons. The van der Waals surface area contributed by atoms with E-state index in [0.29, 0.717) is 5.56 Å². The molecule has 1 aromatic heterocycles. The summed E-state index contributed by atoms with van der Waals surface area (Å²) in [7, 11) is -3.59. The number of nitrogens with zero attached hydrogens (tertiary/aromatic N) is 1. The first kappa shape index (κ1) is 10.6. The molecule has 0 aliphatic heterocycles. The molecular formula is C8H9NO4S. The first-order valence-electron chi connectivity index (χ1n) is 3.72. The largest absolute Gasteiger partial charge is 0.478 e. The molecule has 76 valence electrons. The summed E-state index contributed by atoms with van der Waals surface area (Å²) in [4.78, 5) is 14.3. The van der Waals surface area contributed by atoms with Gasteiger partial charge in [0, 0.05) is 12.5 Å². The molecule has 14 heavy (non-hydrogen) atoms. The van der Waals surface area contributed by atoms with Crippen molar-refractivity contribution in [3.05, 3.63) is 23.4 Å². The minimum atomic E-state index is -3.59. The van der Waals surface area contributed by atoms with Gasteiger partial charge in [-0.2, -0.15) is 0 Å². The third-order valence-electron chi connectivity index (χ3n) is 1.57. The second-order valence-corrected chi connectivity index (χ2v) is 4.87. The van der Waals surface area contributed by atoms with Crippen LogP contribution in [0.4, 0.5) is 0 Å². The van der Waals surface area contributed by atoms with E-state index in [4.69, 9.17) is 5.11 Å². The maximum absolute atomic E-state index is 11.1. The molecule has 0 spiro atoms. The van der Waals surface area contributed by atoms with Crippen molar-refractivity contribution < 1.29 is 18.3 Å². The van der Waals surface area contributed by atoms with Crippen molar-refractivity contribution in [1.82, 2.24) is 4.98 Å². The second-order valence-electron chi connectivity index (χ2n) is 2.94. The van der Waals surface area contributed by atoms with Crippen LogP contribution in [0.5, 0.6) is 0 Å². The number of rotatable bonds is 2. The van der Waals surface area contributed by atoms with Gasteiger partial charge in [0.25, 0.3) is 0 Å².